The number of hydrogen-bond donors (Lipinski definition) is 4. The van der Waals surface area contributed by atoms with E-state index in [1.807, 2.05) is 5.32 Å². The average molecular weight is 198 g/mol. The van der Waals surface area contributed by atoms with Crippen molar-refractivity contribution in [2.24, 2.45) is 5.73 Å². The van der Waals surface area contributed by atoms with Crippen LogP contribution in [-0.2, 0) is 14.9 Å². The molecule has 0 aliphatic rings. The summed E-state index contributed by atoms with van der Waals surface area (Å²) in [6, 6.07) is 0. The van der Waals surface area contributed by atoms with Crippen LogP contribution in [0.15, 0.2) is 0 Å². The minimum atomic E-state index is -4.20. The summed E-state index contributed by atoms with van der Waals surface area (Å²) in [5, 5.41) is 10.1. The summed E-state index contributed by atoms with van der Waals surface area (Å²) in [7, 11) is -4.20. The molecule has 12 heavy (non-hydrogen) atoms. The number of nitrogens with two attached hydrogens (primary N) is 1. The second-order valence-corrected chi connectivity index (χ2v) is 3.58. The zero-order valence-electron chi connectivity index (χ0n) is 6.10. The first-order chi connectivity index (χ1) is 5.35. The fraction of sp³-hybridized carbons (Fsp3) is 0.750. The maximum absolute atomic E-state index is 10.4. The highest BCUT2D eigenvalue weighted by Gasteiger charge is 2.13. The third kappa shape index (κ3) is 6.04. The number of hydrogen-bond acceptors (Lipinski definition) is 5. The van der Waals surface area contributed by atoms with Crippen molar-refractivity contribution in [3.63, 3.8) is 0 Å². The number of aliphatic hydroxyl groups is 1. The van der Waals surface area contributed by atoms with Gasteiger partial charge in [-0.15, -0.1) is 0 Å². The molecule has 0 aromatic rings. The van der Waals surface area contributed by atoms with Crippen LogP contribution in [0.3, 0.4) is 0 Å². The first-order valence-electron chi connectivity index (χ1n) is 2.96. The van der Waals surface area contributed by atoms with Crippen LogP contribution in [0, 0.1) is 0 Å². The summed E-state index contributed by atoms with van der Waals surface area (Å²) in [5.41, 5.74) is 5.05. The zero-order chi connectivity index (χ0) is 9.78. The molecule has 0 bridgehead atoms. The fourth-order valence-corrected chi connectivity index (χ4v) is 1.06. The highest BCUT2D eigenvalue weighted by Crippen LogP contribution is 1.83. The van der Waals surface area contributed by atoms with Crippen molar-refractivity contribution < 1.29 is 22.9 Å². The molecule has 0 aromatic heterocycles. The summed E-state index contributed by atoms with van der Waals surface area (Å²) in [4.78, 5) is 10.4. The van der Waals surface area contributed by atoms with Gasteiger partial charge in [0.15, 0.2) is 0 Å². The molecule has 0 radical (unpaired) electrons. The van der Waals surface area contributed by atoms with Gasteiger partial charge in [0.25, 0.3) is 10.1 Å². The normalized spacial score (nSPS) is 13.9. The van der Waals surface area contributed by atoms with Gasteiger partial charge in [0.05, 0.1) is 6.17 Å². The average Bonchev–Trinajstić information content (AvgIpc) is 1.82. The number of carbonyl (C=O) groups is 1. The van der Waals surface area contributed by atoms with Crippen molar-refractivity contribution in [1.82, 2.24) is 5.32 Å². The Morgan fingerprint density at radius 3 is 2.42 bits per heavy atom. The van der Waals surface area contributed by atoms with Gasteiger partial charge in [-0.2, -0.15) is 8.42 Å². The minimum Gasteiger partial charge on any atom is -0.387 e. The molecule has 72 valence electrons. The Labute approximate surface area is 69.3 Å². The van der Waals surface area contributed by atoms with Crippen molar-refractivity contribution in [3.8, 4) is 0 Å². The van der Waals surface area contributed by atoms with Crippen LogP contribution in [0.2, 0.25) is 0 Å². The number of amides is 1. The predicted molar refractivity (Wildman–Crippen MR) is 39.6 cm³/mol. The highest BCUT2D eigenvalue weighted by atomic mass is 32.2. The summed E-state index contributed by atoms with van der Waals surface area (Å²) in [6.07, 6.45) is -1.21. The lowest BCUT2D eigenvalue weighted by Crippen LogP contribution is -2.47. The predicted octanol–water partition coefficient (Wildman–Crippen LogP) is -2.73. The zero-order valence-corrected chi connectivity index (χ0v) is 6.91. The van der Waals surface area contributed by atoms with E-state index in [1.165, 1.54) is 0 Å². The van der Waals surface area contributed by atoms with E-state index in [4.69, 9.17) is 15.4 Å². The van der Waals surface area contributed by atoms with Gasteiger partial charge in [-0.05, 0) is 0 Å². The lowest BCUT2D eigenvalue weighted by molar-refractivity contribution is -0.124. The van der Waals surface area contributed by atoms with E-state index in [0.717, 1.165) is 0 Å². The van der Waals surface area contributed by atoms with E-state index >= 15 is 0 Å². The van der Waals surface area contributed by atoms with Gasteiger partial charge in [-0.25, -0.2) is 0 Å². The Hall–Kier alpha value is -0.700. The van der Waals surface area contributed by atoms with Gasteiger partial charge in [-0.1, -0.05) is 0 Å². The quantitative estimate of drug-likeness (QED) is 0.286. The van der Waals surface area contributed by atoms with Gasteiger partial charge < -0.3 is 16.2 Å². The molecule has 0 saturated heterocycles. The topological polar surface area (TPSA) is 130 Å². The van der Waals surface area contributed by atoms with E-state index in [-0.39, 0.29) is 0 Å². The third-order valence-corrected chi connectivity index (χ3v) is 1.66. The fourth-order valence-electron chi connectivity index (χ4n) is 0.521. The molecule has 0 saturated carbocycles. The van der Waals surface area contributed by atoms with Crippen LogP contribution in [0.1, 0.15) is 0 Å². The Bertz CT molecular complexity index is 248. The Morgan fingerprint density at radius 2 is 2.08 bits per heavy atom. The summed E-state index contributed by atoms with van der Waals surface area (Å²) in [6.45, 7) is -0.779. The van der Waals surface area contributed by atoms with Crippen LogP contribution >= 0.6 is 0 Å². The molecule has 1 amide bonds. The first kappa shape index (κ1) is 11.3. The SMILES string of the molecule is NC(CS(=O)(=O)O)NC(=O)CO. The molecular formula is C4H10N2O5S. The smallest absolute Gasteiger partial charge is 0.268 e. The molecule has 0 spiro atoms. The maximum Gasteiger partial charge on any atom is 0.268 e. The number of nitrogens with one attached hydrogen (secondary N) is 1. The van der Waals surface area contributed by atoms with Crippen molar-refractivity contribution in [2.45, 2.75) is 6.17 Å². The monoisotopic (exact) mass is 198 g/mol. The molecule has 7 nitrogen and oxygen atoms in total. The van der Waals surface area contributed by atoms with Crippen molar-refractivity contribution >= 4 is 16.0 Å². The van der Waals surface area contributed by atoms with E-state index in [1.54, 1.807) is 0 Å². The van der Waals surface area contributed by atoms with Crippen LogP contribution in [-0.4, -0.2) is 42.5 Å². The molecule has 0 aliphatic heterocycles. The number of rotatable bonds is 4. The van der Waals surface area contributed by atoms with Gasteiger partial charge in [-0.3, -0.25) is 9.35 Å². The van der Waals surface area contributed by atoms with Crippen molar-refractivity contribution in [1.29, 1.82) is 0 Å². The molecule has 0 aromatic carbocycles. The summed E-state index contributed by atoms with van der Waals surface area (Å²) < 4.78 is 28.6. The standard InChI is InChI=1S/C4H10N2O5S/c5-3(2-12(9,10)11)6-4(8)1-7/h3,7H,1-2,5H2,(H,6,8)(H,9,10,11). The third-order valence-electron chi connectivity index (χ3n) is 0.880. The van der Waals surface area contributed by atoms with E-state index in [0.29, 0.717) is 0 Å². The molecule has 0 fully saturated rings. The Kier molecular flexibility index (Phi) is 4.10. The van der Waals surface area contributed by atoms with E-state index < -0.39 is 34.6 Å². The van der Waals surface area contributed by atoms with Crippen LogP contribution < -0.4 is 11.1 Å². The molecule has 1 atom stereocenters. The summed E-state index contributed by atoms with van der Waals surface area (Å²) >= 11 is 0. The molecule has 1 unspecified atom stereocenters. The van der Waals surface area contributed by atoms with Gasteiger partial charge in [0.2, 0.25) is 5.91 Å². The van der Waals surface area contributed by atoms with Gasteiger partial charge in [0, 0.05) is 0 Å². The molecule has 0 heterocycles. The van der Waals surface area contributed by atoms with Crippen LogP contribution in [0.25, 0.3) is 0 Å². The second-order valence-electron chi connectivity index (χ2n) is 2.08. The molecule has 8 heteroatoms. The van der Waals surface area contributed by atoms with Crippen LogP contribution in [0.5, 0.6) is 0 Å². The highest BCUT2D eigenvalue weighted by molar-refractivity contribution is 7.85. The molecule has 0 rings (SSSR count). The molecule has 0 aliphatic carbocycles. The lowest BCUT2D eigenvalue weighted by atomic mass is 10.5. The largest absolute Gasteiger partial charge is 0.387 e. The maximum atomic E-state index is 10.4. The Morgan fingerprint density at radius 1 is 1.58 bits per heavy atom. The summed E-state index contributed by atoms with van der Waals surface area (Å²) in [5.74, 6) is -1.58. The molecule has 5 N–H and O–H groups in total. The first-order valence-corrected chi connectivity index (χ1v) is 4.57. The van der Waals surface area contributed by atoms with Gasteiger partial charge >= 0.3 is 0 Å². The number of aliphatic hydroxyl groups excluding tert-OH is 1. The van der Waals surface area contributed by atoms with Gasteiger partial charge in [0.1, 0.15) is 12.4 Å². The van der Waals surface area contributed by atoms with Crippen molar-refractivity contribution in [3.05, 3.63) is 0 Å². The number of carbonyl (C=O) groups excluding carboxylic acids is 1. The molecular weight excluding hydrogens is 188 g/mol. The van der Waals surface area contributed by atoms with Crippen molar-refractivity contribution in [2.75, 3.05) is 12.4 Å². The lowest BCUT2D eigenvalue weighted by Gasteiger charge is -2.10. The minimum absolute atomic E-state index is 0.779. The Balaban J connectivity index is 3.91. The van der Waals surface area contributed by atoms with Crippen LogP contribution in [0.4, 0.5) is 0 Å². The van der Waals surface area contributed by atoms with E-state index in [9.17, 15) is 13.2 Å². The second kappa shape index (κ2) is 4.36. The van der Waals surface area contributed by atoms with E-state index in [2.05, 4.69) is 0 Å².